The minimum absolute atomic E-state index is 0.196. The second kappa shape index (κ2) is 7.28. The third-order valence-electron chi connectivity index (χ3n) is 6.14. The van der Waals surface area contributed by atoms with Gasteiger partial charge in [0.1, 0.15) is 0 Å². The fourth-order valence-electron chi connectivity index (χ4n) is 3.17. The number of aromatic amines is 1. The fourth-order valence-corrected chi connectivity index (χ4v) is 4.26. The lowest BCUT2D eigenvalue weighted by Crippen LogP contribution is -2.42. The number of benzene rings is 1. The van der Waals surface area contributed by atoms with Crippen LogP contribution in [0.4, 0.5) is 5.69 Å². The molecule has 0 spiro atoms. The summed E-state index contributed by atoms with van der Waals surface area (Å²) in [5.74, 6) is 1.25. The Hall–Kier alpha value is -1.86. The minimum atomic E-state index is -1.68. The van der Waals surface area contributed by atoms with E-state index in [-0.39, 0.29) is 10.7 Å². The van der Waals surface area contributed by atoms with Crippen LogP contribution in [0.1, 0.15) is 27.2 Å². The van der Waals surface area contributed by atoms with E-state index in [1.807, 2.05) is 12.1 Å². The van der Waals surface area contributed by atoms with Gasteiger partial charge in [-0.2, -0.15) is 5.10 Å². The van der Waals surface area contributed by atoms with Gasteiger partial charge in [0.2, 0.25) is 0 Å². The lowest BCUT2D eigenvalue weighted by atomic mass is 10.1. The average molecular weight is 389 g/mol. The van der Waals surface area contributed by atoms with E-state index in [1.54, 1.807) is 7.05 Å². The van der Waals surface area contributed by atoms with Gasteiger partial charge in [-0.25, -0.2) is 9.89 Å². The molecule has 1 fully saturated rings. The van der Waals surface area contributed by atoms with Gasteiger partial charge in [-0.05, 0) is 48.8 Å². The molecule has 3 rings (SSSR count). The summed E-state index contributed by atoms with van der Waals surface area (Å²) in [6.07, 6.45) is 1.17. The van der Waals surface area contributed by atoms with E-state index in [9.17, 15) is 4.79 Å². The number of hydrogen-bond acceptors (Lipinski definition) is 4. The summed E-state index contributed by atoms with van der Waals surface area (Å²) in [6.45, 7) is 14.5. The number of aromatic nitrogens is 3. The van der Waals surface area contributed by atoms with Crippen LogP contribution in [0.15, 0.2) is 29.1 Å². The van der Waals surface area contributed by atoms with Crippen LogP contribution in [0.25, 0.3) is 11.4 Å². The normalized spacial score (nSPS) is 18.3. The molecule has 7 heteroatoms. The zero-order valence-corrected chi connectivity index (χ0v) is 18.4. The fraction of sp³-hybridized carbons (Fsp3) is 0.600. The first-order valence-electron chi connectivity index (χ1n) is 9.69. The van der Waals surface area contributed by atoms with Gasteiger partial charge in [0, 0.05) is 43.9 Å². The number of anilines is 1. The van der Waals surface area contributed by atoms with Gasteiger partial charge >= 0.3 is 5.69 Å². The highest BCUT2D eigenvalue weighted by Gasteiger charge is 2.38. The second-order valence-corrected chi connectivity index (χ2v) is 13.9. The monoisotopic (exact) mass is 388 g/mol. The molecule has 2 aromatic rings. The highest BCUT2D eigenvalue weighted by atomic mass is 28.4. The summed E-state index contributed by atoms with van der Waals surface area (Å²) in [6, 6.07) is 8.30. The molecule has 1 aliphatic heterocycles. The van der Waals surface area contributed by atoms with Crippen molar-refractivity contribution in [1.82, 2.24) is 14.8 Å². The van der Waals surface area contributed by atoms with Crippen molar-refractivity contribution in [2.75, 3.05) is 24.6 Å². The van der Waals surface area contributed by atoms with Gasteiger partial charge in [0.15, 0.2) is 14.1 Å². The van der Waals surface area contributed by atoms with Crippen LogP contribution in [-0.4, -0.2) is 42.8 Å². The molecule has 0 saturated carbocycles. The maximum atomic E-state index is 11.5. The van der Waals surface area contributed by atoms with Crippen molar-refractivity contribution in [2.24, 2.45) is 13.0 Å². The maximum Gasteiger partial charge on any atom is 0.343 e. The van der Waals surface area contributed by atoms with Crippen LogP contribution in [0.3, 0.4) is 0 Å². The van der Waals surface area contributed by atoms with Crippen LogP contribution >= 0.6 is 0 Å². The maximum absolute atomic E-state index is 11.5. The van der Waals surface area contributed by atoms with Crippen LogP contribution in [0.2, 0.25) is 18.1 Å². The zero-order chi connectivity index (χ0) is 19.8. The van der Waals surface area contributed by atoms with Gasteiger partial charge in [0.25, 0.3) is 0 Å². The molecule has 1 aromatic carbocycles. The largest absolute Gasteiger partial charge is 0.416 e. The van der Waals surface area contributed by atoms with E-state index in [0.29, 0.717) is 11.7 Å². The molecule has 1 aliphatic rings. The van der Waals surface area contributed by atoms with E-state index in [0.717, 1.165) is 25.3 Å². The first-order valence-corrected chi connectivity index (χ1v) is 12.6. The Morgan fingerprint density at radius 3 is 2.48 bits per heavy atom. The first-order chi connectivity index (χ1) is 12.6. The topological polar surface area (TPSA) is 63.1 Å². The standard InChI is InChI=1S/C20H32N4O2Si/c1-20(2,3)27(5,6)26-14-15-11-12-24(13-15)17-9-7-16(8-10-17)18-21-22-19(25)23(18)4/h7-10,15H,11-14H2,1-6H3,(H,22,25). The number of nitrogens with one attached hydrogen (secondary N) is 1. The van der Waals surface area contributed by atoms with Crippen LogP contribution in [0, 0.1) is 5.92 Å². The third-order valence-corrected chi connectivity index (χ3v) is 10.6. The Labute approximate surface area is 162 Å². The number of hydrogen-bond donors (Lipinski definition) is 1. The molecular formula is C20H32N4O2Si. The summed E-state index contributed by atoms with van der Waals surface area (Å²) in [4.78, 5) is 14.0. The van der Waals surface area contributed by atoms with E-state index in [2.05, 4.69) is 61.1 Å². The van der Waals surface area contributed by atoms with Crippen molar-refractivity contribution in [3.05, 3.63) is 34.7 Å². The highest BCUT2D eigenvalue weighted by molar-refractivity contribution is 6.74. The van der Waals surface area contributed by atoms with Crippen molar-refractivity contribution in [3.8, 4) is 11.4 Å². The van der Waals surface area contributed by atoms with Crippen molar-refractivity contribution in [2.45, 2.75) is 45.3 Å². The smallest absolute Gasteiger partial charge is 0.343 e. The summed E-state index contributed by atoms with van der Waals surface area (Å²) in [5.41, 5.74) is 1.96. The molecule has 0 amide bonds. The Balaban J connectivity index is 1.61. The van der Waals surface area contributed by atoms with Crippen molar-refractivity contribution in [3.63, 3.8) is 0 Å². The van der Waals surface area contributed by atoms with Gasteiger partial charge in [-0.15, -0.1) is 0 Å². The van der Waals surface area contributed by atoms with E-state index in [4.69, 9.17) is 4.43 Å². The zero-order valence-electron chi connectivity index (χ0n) is 17.4. The lowest BCUT2D eigenvalue weighted by molar-refractivity contribution is 0.238. The predicted octanol–water partition coefficient (Wildman–Crippen LogP) is 3.62. The van der Waals surface area contributed by atoms with Gasteiger partial charge in [0.05, 0.1) is 0 Å². The molecule has 0 aliphatic carbocycles. The number of H-pyrrole nitrogens is 1. The summed E-state index contributed by atoms with van der Waals surface area (Å²) in [7, 11) is 0.0464. The van der Waals surface area contributed by atoms with E-state index < -0.39 is 8.32 Å². The van der Waals surface area contributed by atoms with Gasteiger partial charge in [-0.1, -0.05) is 20.8 Å². The molecule has 1 unspecified atom stereocenters. The molecule has 1 saturated heterocycles. The third kappa shape index (κ3) is 4.19. The molecule has 1 N–H and O–H groups in total. The van der Waals surface area contributed by atoms with Gasteiger partial charge < -0.3 is 9.33 Å². The van der Waals surface area contributed by atoms with Crippen LogP contribution < -0.4 is 10.6 Å². The quantitative estimate of drug-likeness (QED) is 0.795. The average Bonchev–Trinajstić information content (AvgIpc) is 3.20. The molecule has 0 radical (unpaired) electrons. The SMILES string of the molecule is Cn1c(-c2ccc(N3CCC(CO[Si](C)(C)C(C)(C)C)C3)cc2)n[nH]c1=O. The number of rotatable bonds is 5. The molecule has 1 aromatic heterocycles. The Morgan fingerprint density at radius 2 is 1.93 bits per heavy atom. The Bertz CT molecular complexity index is 833. The predicted molar refractivity (Wildman–Crippen MR) is 113 cm³/mol. The summed E-state index contributed by atoms with van der Waals surface area (Å²) < 4.78 is 7.95. The minimum Gasteiger partial charge on any atom is -0.416 e. The highest BCUT2D eigenvalue weighted by Crippen LogP contribution is 2.37. The molecule has 6 nitrogen and oxygen atoms in total. The van der Waals surface area contributed by atoms with Crippen LogP contribution in [0.5, 0.6) is 0 Å². The molecular weight excluding hydrogens is 356 g/mol. The first kappa shape index (κ1) is 19.9. The lowest BCUT2D eigenvalue weighted by Gasteiger charge is -2.37. The van der Waals surface area contributed by atoms with Crippen molar-refractivity contribution >= 4 is 14.0 Å². The van der Waals surface area contributed by atoms with E-state index >= 15 is 0 Å². The van der Waals surface area contributed by atoms with Gasteiger partial charge in [-0.3, -0.25) is 4.57 Å². The van der Waals surface area contributed by atoms with Crippen molar-refractivity contribution in [1.29, 1.82) is 0 Å². The van der Waals surface area contributed by atoms with Crippen LogP contribution in [-0.2, 0) is 11.5 Å². The molecule has 0 bridgehead atoms. The summed E-state index contributed by atoms with van der Waals surface area (Å²) in [5, 5.41) is 6.83. The molecule has 148 valence electrons. The Kier molecular flexibility index (Phi) is 5.36. The van der Waals surface area contributed by atoms with E-state index in [1.165, 1.54) is 16.7 Å². The number of nitrogens with zero attached hydrogens (tertiary/aromatic N) is 3. The molecule has 2 heterocycles. The Morgan fingerprint density at radius 1 is 1.26 bits per heavy atom. The molecule has 1 atom stereocenters. The van der Waals surface area contributed by atoms with Crippen molar-refractivity contribution < 1.29 is 4.43 Å². The molecule has 27 heavy (non-hydrogen) atoms. The second-order valence-electron chi connectivity index (χ2n) is 9.13. The summed E-state index contributed by atoms with van der Waals surface area (Å²) >= 11 is 0.